The maximum atomic E-state index is 13.8. The van der Waals surface area contributed by atoms with Gasteiger partial charge >= 0.3 is 0 Å². The molecule has 0 saturated heterocycles. The molecule has 7 nitrogen and oxygen atoms in total. The highest BCUT2D eigenvalue weighted by Crippen LogP contribution is 2.29. The van der Waals surface area contributed by atoms with Crippen molar-refractivity contribution in [1.29, 1.82) is 0 Å². The van der Waals surface area contributed by atoms with Gasteiger partial charge in [0.1, 0.15) is 10.8 Å². The van der Waals surface area contributed by atoms with Gasteiger partial charge in [-0.15, -0.1) is 10.2 Å². The van der Waals surface area contributed by atoms with Crippen molar-refractivity contribution in [2.24, 2.45) is 0 Å². The predicted octanol–water partition coefficient (Wildman–Crippen LogP) is 6.17. The number of aromatic nitrogens is 2. The van der Waals surface area contributed by atoms with Crippen LogP contribution in [0.15, 0.2) is 66.7 Å². The molecule has 2 amide bonds. The molecule has 1 N–H and O–H groups in total. The summed E-state index contributed by atoms with van der Waals surface area (Å²) in [5.74, 6) is 0.584. The van der Waals surface area contributed by atoms with E-state index < -0.39 is 0 Å². The first kappa shape index (κ1) is 24.9. The number of hydrogen-bond acceptors (Lipinski definition) is 6. The van der Waals surface area contributed by atoms with E-state index in [1.807, 2.05) is 71.6 Å². The van der Waals surface area contributed by atoms with Gasteiger partial charge in [0.2, 0.25) is 11.0 Å². The maximum Gasteiger partial charge on any atom is 0.254 e. The Balaban J connectivity index is 1.28. The average Bonchev–Trinajstić information content (AvgIpc) is 3.41. The molecule has 0 aliphatic heterocycles. The van der Waals surface area contributed by atoms with Gasteiger partial charge in [0, 0.05) is 30.1 Å². The summed E-state index contributed by atoms with van der Waals surface area (Å²) in [6, 6.07) is 21.5. The standard InChI is InChI=1S/C29H30N4O3S/c1-36-23-16-14-21(15-17-23)27-31-32-29(37-27)30-26(34)18-19-33(22-10-3-2-4-11-22)28(35)25-13-7-9-20-8-5-6-12-24(20)25/h5-9,12-17,22H,2-4,10-11,18-19H2,1H3,(H,30,32,34). The highest BCUT2D eigenvalue weighted by molar-refractivity contribution is 7.18. The van der Waals surface area contributed by atoms with Crippen LogP contribution in [0.1, 0.15) is 48.9 Å². The third-order valence-electron chi connectivity index (χ3n) is 6.88. The molecule has 1 aliphatic rings. The zero-order chi connectivity index (χ0) is 25.6. The highest BCUT2D eigenvalue weighted by Gasteiger charge is 2.27. The number of nitrogens with zero attached hydrogens (tertiary/aromatic N) is 3. The van der Waals surface area contributed by atoms with Gasteiger partial charge in [0.05, 0.1) is 7.11 Å². The quantitative estimate of drug-likeness (QED) is 0.304. The first-order valence-corrected chi connectivity index (χ1v) is 13.5. The minimum atomic E-state index is -0.177. The van der Waals surface area contributed by atoms with Crippen molar-refractivity contribution in [1.82, 2.24) is 15.1 Å². The molecule has 0 bridgehead atoms. The van der Waals surface area contributed by atoms with Crippen LogP contribution in [0.25, 0.3) is 21.3 Å². The molecule has 0 spiro atoms. The zero-order valence-corrected chi connectivity index (χ0v) is 21.7. The number of carbonyl (C=O) groups is 2. The van der Waals surface area contributed by atoms with Gasteiger partial charge in [0.15, 0.2) is 0 Å². The Hall–Kier alpha value is -3.78. The van der Waals surface area contributed by atoms with Crippen LogP contribution in [0, 0.1) is 0 Å². The summed E-state index contributed by atoms with van der Waals surface area (Å²) in [7, 11) is 1.62. The Bertz CT molecular complexity index is 1370. The topological polar surface area (TPSA) is 84.4 Å². The van der Waals surface area contributed by atoms with Crippen LogP contribution in [-0.4, -0.2) is 46.6 Å². The number of anilines is 1. The number of methoxy groups -OCH3 is 1. The van der Waals surface area contributed by atoms with E-state index in [2.05, 4.69) is 15.5 Å². The number of amides is 2. The Labute approximate surface area is 220 Å². The van der Waals surface area contributed by atoms with E-state index in [-0.39, 0.29) is 24.3 Å². The molecular weight excluding hydrogens is 484 g/mol. The van der Waals surface area contributed by atoms with Crippen LogP contribution < -0.4 is 10.1 Å². The SMILES string of the molecule is COc1ccc(-c2nnc(NC(=O)CCN(C(=O)c3cccc4ccccc34)C3CCCCC3)s2)cc1. The van der Waals surface area contributed by atoms with Crippen molar-refractivity contribution >= 4 is 39.1 Å². The molecule has 1 aliphatic carbocycles. The van der Waals surface area contributed by atoms with E-state index in [0.717, 1.165) is 47.8 Å². The maximum absolute atomic E-state index is 13.8. The smallest absolute Gasteiger partial charge is 0.254 e. The van der Waals surface area contributed by atoms with Crippen molar-refractivity contribution in [3.63, 3.8) is 0 Å². The molecule has 1 heterocycles. The molecule has 3 aromatic carbocycles. The van der Waals surface area contributed by atoms with Crippen molar-refractivity contribution in [2.75, 3.05) is 19.0 Å². The Morgan fingerprint density at radius 3 is 2.51 bits per heavy atom. The van der Waals surface area contributed by atoms with E-state index in [4.69, 9.17) is 4.74 Å². The van der Waals surface area contributed by atoms with Crippen LogP contribution in [0.4, 0.5) is 5.13 Å². The van der Waals surface area contributed by atoms with Crippen molar-refractivity contribution < 1.29 is 14.3 Å². The summed E-state index contributed by atoms with van der Waals surface area (Å²) in [6.07, 6.45) is 5.55. The minimum absolute atomic E-state index is 0.00536. The lowest BCUT2D eigenvalue weighted by Gasteiger charge is -2.34. The molecular formula is C29H30N4O3S. The van der Waals surface area contributed by atoms with Gasteiger partial charge in [-0.3, -0.25) is 9.59 Å². The van der Waals surface area contributed by atoms with E-state index in [1.54, 1.807) is 7.11 Å². The normalized spacial score (nSPS) is 13.9. The summed E-state index contributed by atoms with van der Waals surface area (Å²) in [5, 5.41) is 14.4. The van der Waals surface area contributed by atoms with E-state index in [1.165, 1.54) is 17.8 Å². The molecule has 1 saturated carbocycles. The van der Waals surface area contributed by atoms with Crippen molar-refractivity contribution in [2.45, 2.75) is 44.6 Å². The fourth-order valence-electron chi connectivity index (χ4n) is 4.94. The molecule has 1 fully saturated rings. The highest BCUT2D eigenvalue weighted by atomic mass is 32.1. The van der Waals surface area contributed by atoms with Crippen LogP contribution >= 0.6 is 11.3 Å². The number of hydrogen-bond donors (Lipinski definition) is 1. The number of nitrogens with one attached hydrogen (secondary N) is 1. The van der Waals surface area contributed by atoms with Crippen LogP contribution in [0.3, 0.4) is 0 Å². The van der Waals surface area contributed by atoms with E-state index >= 15 is 0 Å². The third kappa shape index (κ3) is 5.80. The average molecular weight is 515 g/mol. The van der Waals surface area contributed by atoms with Gasteiger partial charge in [0.25, 0.3) is 5.91 Å². The first-order valence-electron chi connectivity index (χ1n) is 12.7. The van der Waals surface area contributed by atoms with E-state index in [9.17, 15) is 9.59 Å². The molecule has 5 rings (SSSR count). The van der Waals surface area contributed by atoms with Crippen LogP contribution in [0.5, 0.6) is 5.75 Å². The van der Waals surface area contributed by atoms with Gasteiger partial charge in [-0.25, -0.2) is 0 Å². The second kappa shape index (κ2) is 11.5. The first-order chi connectivity index (χ1) is 18.1. The Morgan fingerprint density at radius 1 is 0.973 bits per heavy atom. The number of benzene rings is 3. The van der Waals surface area contributed by atoms with E-state index in [0.29, 0.717) is 22.2 Å². The Kier molecular flexibility index (Phi) is 7.75. The summed E-state index contributed by atoms with van der Waals surface area (Å²) >= 11 is 1.32. The monoisotopic (exact) mass is 514 g/mol. The van der Waals surface area contributed by atoms with Gasteiger partial charge in [-0.05, 0) is 53.9 Å². The third-order valence-corrected chi connectivity index (χ3v) is 7.77. The van der Waals surface area contributed by atoms with Gasteiger partial charge < -0.3 is 15.0 Å². The number of ether oxygens (including phenoxy) is 1. The molecule has 0 unspecified atom stereocenters. The molecule has 190 valence electrons. The van der Waals surface area contributed by atoms with Crippen LogP contribution in [-0.2, 0) is 4.79 Å². The van der Waals surface area contributed by atoms with Crippen LogP contribution in [0.2, 0.25) is 0 Å². The fraction of sp³-hybridized carbons (Fsp3) is 0.310. The minimum Gasteiger partial charge on any atom is -0.497 e. The number of carbonyl (C=O) groups excluding carboxylic acids is 2. The molecule has 37 heavy (non-hydrogen) atoms. The van der Waals surface area contributed by atoms with Gasteiger partial charge in [-0.2, -0.15) is 0 Å². The lowest BCUT2D eigenvalue weighted by Crippen LogP contribution is -2.43. The van der Waals surface area contributed by atoms with Gasteiger partial charge in [-0.1, -0.05) is 67.0 Å². The number of rotatable bonds is 8. The number of fused-ring (bicyclic) bond motifs is 1. The molecule has 8 heteroatoms. The molecule has 1 aromatic heterocycles. The molecule has 0 radical (unpaired) electrons. The molecule has 0 atom stereocenters. The largest absolute Gasteiger partial charge is 0.497 e. The van der Waals surface area contributed by atoms with Crippen molar-refractivity contribution in [3.8, 4) is 16.3 Å². The summed E-state index contributed by atoms with van der Waals surface area (Å²) in [6.45, 7) is 0.364. The summed E-state index contributed by atoms with van der Waals surface area (Å²) in [4.78, 5) is 28.6. The molecule has 4 aromatic rings. The summed E-state index contributed by atoms with van der Waals surface area (Å²) in [5.41, 5.74) is 1.60. The van der Waals surface area contributed by atoms with Crippen molar-refractivity contribution in [3.05, 3.63) is 72.3 Å². The predicted molar refractivity (Wildman–Crippen MR) is 147 cm³/mol. The fourth-order valence-corrected chi connectivity index (χ4v) is 5.70. The Morgan fingerprint density at radius 2 is 1.73 bits per heavy atom. The summed E-state index contributed by atoms with van der Waals surface area (Å²) < 4.78 is 5.20. The lowest BCUT2D eigenvalue weighted by atomic mass is 9.93. The zero-order valence-electron chi connectivity index (χ0n) is 20.9. The second-order valence-corrected chi connectivity index (χ2v) is 10.2. The lowest BCUT2D eigenvalue weighted by molar-refractivity contribution is -0.116. The second-order valence-electron chi connectivity index (χ2n) is 9.26.